The van der Waals surface area contributed by atoms with Crippen LogP contribution in [0.5, 0.6) is 0 Å². The molecule has 0 aliphatic carbocycles. The largest absolute Gasteiger partial charge is 0.446 e. The van der Waals surface area contributed by atoms with Crippen LogP contribution in [0.1, 0.15) is 24.9 Å². The van der Waals surface area contributed by atoms with Crippen LogP contribution in [0.4, 0.5) is 13.2 Å². The van der Waals surface area contributed by atoms with Crippen molar-refractivity contribution in [2.24, 2.45) is 5.73 Å². The van der Waals surface area contributed by atoms with E-state index in [4.69, 9.17) is 5.73 Å². The van der Waals surface area contributed by atoms with Gasteiger partial charge in [-0.05, 0) is 35.9 Å². The van der Waals surface area contributed by atoms with Crippen LogP contribution in [0.2, 0.25) is 0 Å². The molecule has 0 spiro atoms. The summed E-state index contributed by atoms with van der Waals surface area (Å²) in [5, 5.41) is 0. The number of hydrogen-bond acceptors (Lipinski definition) is 2. The number of rotatable bonds is 3. The van der Waals surface area contributed by atoms with E-state index in [-0.39, 0.29) is 35.1 Å². The summed E-state index contributed by atoms with van der Waals surface area (Å²) in [6.45, 7) is 1.93. The predicted octanol–water partition coefficient (Wildman–Crippen LogP) is 4.13. The molecule has 1 rings (SSSR count). The van der Waals surface area contributed by atoms with Gasteiger partial charge in [-0.25, -0.2) is 0 Å². The van der Waals surface area contributed by atoms with E-state index in [0.29, 0.717) is 0 Å². The SMILES string of the molecule is CC[C@@H](N)c1ccc(SC(F)(F)F)cc1.Cl. The van der Waals surface area contributed by atoms with E-state index in [1.807, 2.05) is 6.92 Å². The van der Waals surface area contributed by atoms with Gasteiger partial charge in [-0.15, -0.1) is 12.4 Å². The molecule has 6 heteroatoms. The average molecular weight is 272 g/mol. The molecule has 0 aliphatic rings. The molecule has 0 heterocycles. The third-order valence-corrected chi connectivity index (χ3v) is 2.72. The van der Waals surface area contributed by atoms with Crippen molar-refractivity contribution in [3.05, 3.63) is 29.8 Å². The van der Waals surface area contributed by atoms with Gasteiger partial charge in [0.1, 0.15) is 0 Å². The summed E-state index contributed by atoms with van der Waals surface area (Å²) < 4.78 is 36.0. The van der Waals surface area contributed by atoms with Gasteiger partial charge < -0.3 is 5.73 Å². The van der Waals surface area contributed by atoms with Crippen LogP contribution in [0.3, 0.4) is 0 Å². The van der Waals surface area contributed by atoms with E-state index < -0.39 is 5.51 Å². The molecule has 0 saturated heterocycles. The second-order valence-corrected chi connectivity index (χ2v) is 4.27. The molecule has 0 unspecified atom stereocenters. The van der Waals surface area contributed by atoms with E-state index in [2.05, 4.69) is 0 Å². The second-order valence-electron chi connectivity index (χ2n) is 3.13. The fourth-order valence-corrected chi connectivity index (χ4v) is 1.69. The Hall–Kier alpha value is -0.390. The summed E-state index contributed by atoms with van der Waals surface area (Å²) in [5.41, 5.74) is 2.38. The highest BCUT2D eigenvalue weighted by molar-refractivity contribution is 8.00. The van der Waals surface area contributed by atoms with Crippen molar-refractivity contribution >= 4 is 24.2 Å². The standard InChI is InChI=1S/C10H12F3NS.ClH/c1-2-9(14)7-3-5-8(6-4-7)15-10(11,12)13;/h3-6,9H,2,14H2,1H3;1H/t9-;/m1./s1. The lowest BCUT2D eigenvalue weighted by Crippen LogP contribution is -2.08. The number of benzene rings is 1. The predicted molar refractivity (Wildman–Crippen MR) is 62.8 cm³/mol. The molecular formula is C10H13ClF3NS. The van der Waals surface area contributed by atoms with Gasteiger partial charge in [0.25, 0.3) is 0 Å². The lowest BCUT2D eigenvalue weighted by atomic mass is 10.1. The van der Waals surface area contributed by atoms with E-state index in [9.17, 15) is 13.2 Å². The minimum Gasteiger partial charge on any atom is -0.324 e. The Morgan fingerprint density at radius 3 is 2.12 bits per heavy atom. The van der Waals surface area contributed by atoms with Crippen molar-refractivity contribution in [3.63, 3.8) is 0 Å². The molecule has 0 radical (unpaired) electrons. The average Bonchev–Trinajstić information content (AvgIpc) is 2.15. The van der Waals surface area contributed by atoms with Gasteiger partial charge >= 0.3 is 5.51 Å². The highest BCUT2D eigenvalue weighted by Gasteiger charge is 2.29. The minimum atomic E-state index is -4.23. The molecule has 0 fully saturated rings. The summed E-state index contributed by atoms with van der Waals surface area (Å²) >= 11 is -0.112. The Kier molecular flexibility index (Phi) is 6.22. The molecule has 0 aromatic heterocycles. The second kappa shape index (κ2) is 6.37. The van der Waals surface area contributed by atoms with Crippen molar-refractivity contribution < 1.29 is 13.2 Å². The highest BCUT2D eigenvalue weighted by atomic mass is 35.5. The first-order valence-corrected chi connectivity index (χ1v) is 5.35. The van der Waals surface area contributed by atoms with E-state index in [0.717, 1.165) is 12.0 Å². The van der Waals surface area contributed by atoms with E-state index in [1.54, 1.807) is 12.1 Å². The Morgan fingerprint density at radius 2 is 1.75 bits per heavy atom. The first kappa shape index (κ1) is 15.6. The molecule has 2 N–H and O–H groups in total. The number of nitrogens with two attached hydrogens (primary N) is 1. The lowest BCUT2D eigenvalue weighted by molar-refractivity contribution is -0.0328. The molecular weight excluding hydrogens is 259 g/mol. The lowest BCUT2D eigenvalue weighted by Gasteiger charge is -2.10. The van der Waals surface area contributed by atoms with Crippen molar-refractivity contribution in [1.82, 2.24) is 0 Å². The molecule has 1 aromatic carbocycles. The minimum absolute atomic E-state index is 0. The van der Waals surface area contributed by atoms with Gasteiger partial charge in [-0.3, -0.25) is 0 Å². The van der Waals surface area contributed by atoms with Gasteiger partial charge in [0, 0.05) is 10.9 Å². The zero-order chi connectivity index (χ0) is 11.5. The molecule has 0 saturated carbocycles. The van der Waals surface area contributed by atoms with Gasteiger partial charge in [0.2, 0.25) is 0 Å². The van der Waals surface area contributed by atoms with Crippen LogP contribution in [-0.2, 0) is 0 Å². The summed E-state index contributed by atoms with van der Waals surface area (Å²) in [5.74, 6) is 0. The van der Waals surface area contributed by atoms with E-state index in [1.165, 1.54) is 12.1 Å². The maximum Gasteiger partial charge on any atom is 0.446 e. The number of thioether (sulfide) groups is 1. The van der Waals surface area contributed by atoms with Gasteiger partial charge in [0.05, 0.1) is 0 Å². The van der Waals surface area contributed by atoms with Crippen LogP contribution < -0.4 is 5.73 Å². The summed E-state index contributed by atoms with van der Waals surface area (Å²) in [4.78, 5) is 0.189. The Balaban J connectivity index is 0.00000225. The Bertz CT molecular complexity index is 313. The summed E-state index contributed by atoms with van der Waals surface area (Å²) in [7, 11) is 0. The highest BCUT2D eigenvalue weighted by Crippen LogP contribution is 2.36. The molecule has 1 aromatic rings. The number of halogens is 4. The van der Waals surface area contributed by atoms with Crippen molar-refractivity contribution in [2.45, 2.75) is 29.8 Å². The number of hydrogen-bond donors (Lipinski definition) is 1. The van der Waals surface area contributed by atoms with E-state index >= 15 is 0 Å². The molecule has 1 atom stereocenters. The first-order chi connectivity index (χ1) is 6.92. The van der Waals surface area contributed by atoms with Crippen LogP contribution in [0, 0.1) is 0 Å². The summed E-state index contributed by atoms with van der Waals surface area (Å²) in [6, 6.07) is 6.08. The van der Waals surface area contributed by atoms with Crippen molar-refractivity contribution in [2.75, 3.05) is 0 Å². The van der Waals surface area contributed by atoms with Gasteiger partial charge in [0.15, 0.2) is 0 Å². The molecule has 0 amide bonds. The third kappa shape index (κ3) is 5.09. The molecule has 0 bridgehead atoms. The molecule has 92 valence electrons. The van der Waals surface area contributed by atoms with Crippen LogP contribution >= 0.6 is 24.2 Å². The fraction of sp³-hybridized carbons (Fsp3) is 0.400. The zero-order valence-corrected chi connectivity index (χ0v) is 10.3. The summed E-state index contributed by atoms with van der Waals surface area (Å²) in [6.07, 6.45) is 0.770. The Morgan fingerprint density at radius 1 is 1.25 bits per heavy atom. The molecule has 16 heavy (non-hydrogen) atoms. The third-order valence-electron chi connectivity index (χ3n) is 1.98. The van der Waals surface area contributed by atoms with Crippen LogP contribution in [-0.4, -0.2) is 5.51 Å². The maximum atomic E-state index is 12.0. The fourth-order valence-electron chi connectivity index (χ4n) is 1.15. The van der Waals surface area contributed by atoms with Gasteiger partial charge in [-0.1, -0.05) is 19.1 Å². The van der Waals surface area contributed by atoms with Crippen molar-refractivity contribution in [3.8, 4) is 0 Å². The Labute approximate surface area is 103 Å². The maximum absolute atomic E-state index is 12.0. The monoisotopic (exact) mass is 271 g/mol. The van der Waals surface area contributed by atoms with Crippen LogP contribution in [0.25, 0.3) is 0 Å². The normalized spacial score (nSPS) is 13.1. The quantitative estimate of drug-likeness (QED) is 0.837. The topological polar surface area (TPSA) is 26.0 Å². The molecule has 0 aliphatic heterocycles. The smallest absolute Gasteiger partial charge is 0.324 e. The first-order valence-electron chi connectivity index (χ1n) is 4.53. The number of alkyl halides is 3. The zero-order valence-electron chi connectivity index (χ0n) is 8.62. The molecule has 1 nitrogen and oxygen atoms in total. The van der Waals surface area contributed by atoms with Crippen molar-refractivity contribution in [1.29, 1.82) is 0 Å². The van der Waals surface area contributed by atoms with Gasteiger partial charge in [-0.2, -0.15) is 13.2 Å². The van der Waals surface area contributed by atoms with Crippen LogP contribution in [0.15, 0.2) is 29.2 Å².